The predicted octanol–water partition coefficient (Wildman–Crippen LogP) is 3.44. The Morgan fingerprint density at radius 1 is 0.857 bits per heavy atom. The van der Waals surface area contributed by atoms with Crippen molar-refractivity contribution in [3.05, 3.63) is 29.8 Å². The molecule has 2 aliphatic heterocycles. The summed E-state index contributed by atoms with van der Waals surface area (Å²) in [7, 11) is 1.66. The predicted molar refractivity (Wildman–Crippen MR) is 108 cm³/mol. The van der Waals surface area contributed by atoms with Crippen molar-refractivity contribution in [3.63, 3.8) is 0 Å². The van der Waals surface area contributed by atoms with E-state index < -0.39 is 0 Å². The maximum atomic E-state index is 13.4. The van der Waals surface area contributed by atoms with Crippen molar-refractivity contribution in [3.8, 4) is 5.75 Å². The number of likely N-dealkylation sites (tertiary alicyclic amines) is 2. The van der Waals surface area contributed by atoms with Gasteiger partial charge in [0.15, 0.2) is 0 Å². The van der Waals surface area contributed by atoms with E-state index in [9.17, 15) is 9.59 Å². The Labute approximate surface area is 168 Å². The van der Waals surface area contributed by atoms with E-state index in [1.807, 2.05) is 21.9 Å². The third-order valence-electron chi connectivity index (χ3n) is 6.86. The maximum Gasteiger partial charge on any atom is 0.228 e. The highest BCUT2D eigenvalue weighted by Gasteiger charge is 2.43. The van der Waals surface area contributed by atoms with Gasteiger partial charge in [-0.2, -0.15) is 0 Å². The number of hydrogen-bond donors (Lipinski definition) is 0. The van der Waals surface area contributed by atoms with Crippen LogP contribution in [0.4, 0.5) is 0 Å². The average molecular weight is 385 g/mol. The van der Waals surface area contributed by atoms with E-state index in [1.54, 1.807) is 7.11 Å². The fraction of sp³-hybridized carbons (Fsp3) is 0.652. The minimum atomic E-state index is -0.128. The first-order valence-corrected chi connectivity index (χ1v) is 10.9. The molecule has 0 N–H and O–H groups in total. The van der Waals surface area contributed by atoms with Crippen LogP contribution in [0.2, 0.25) is 0 Å². The topological polar surface area (TPSA) is 49.9 Å². The number of amides is 2. The first kappa shape index (κ1) is 19.3. The molecule has 1 aromatic carbocycles. The molecule has 28 heavy (non-hydrogen) atoms. The highest BCUT2D eigenvalue weighted by atomic mass is 16.5. The zero-order chi connectivity index (χ0) is 19.5. The lowest BCUT2D eigenvalue weighted by molar-refractivity contribution is -0.137. The Morgan fingerprint density at radius 3 is 2.18 bits per heavy atom. The third-order valence-corrected chi connectivity index (χ3v) is 6.86. The molecule has 2 amide bonds. The summed E-state index contributed by atoms with van der Waals surface area (Å²) in [6.45, 7) is 2.95. The maximum absolute atomic E-state index is 13.4. The van der Waals surface area contributed by atoms with Gasteiger partial charge in [0.05, 0.1) is 13.0 Å². The lowest BCUT2D eigenvalue weighted by atomic mass is 9.87. The van der Waals surface area contributed by atoms with Crippen LogP contribution < -0.4 is 4.74 Å². The van der Waals surface area contributed by atoms with Gasteiger partial charge >= 0.3 is 0 Å². The molecule has 1 saturated carbocycles. The number of ether oxygens (including phenoxy) is 1. The van der Waals surface area contributed by atoms with Crippen LogP contribution >= 0.6 is 0 Å². The Kier molecular flexibility index (Phi) is 5.88. The number of methoxy groups -OCH3 is 1. The summed E-state index contributed by atoms with van der Waals surface area (Å²) in [6.07, 6.45) is 7.72. The number of benzene rings is 1. The molecular weight excluding hydrogens is 352 g/mol. The van der Waals surface area contributed by atoms with Gasteiger partial charge < -0.3 is 14.5 Å². The van der Waals surface area contributed by atoms with Crippen molar-refractivity contribution in [1.82, 2.24) is 9.80 Å². The third kappa shape index (κ3) is 3.89. The quantitative estimate of drug-likeness (QED) is 0.799. The molecule has 5 nitrogen and oxygen atoms in total. The van der Waals surface area contributed by atoms with Gasteiger partial charge in [-0.05, 0) is 49.8 Å². The SMILES string of the molecule is COc1ccc([C@@H]2CN(C(=O)C3CCCC3)C[C@H]2C(=O)N2CCCCC2)cc1. The molecule has 3 fully saturated rings. The number of rotatable bonds is 4. The van der Waals surface area contributed by atoms with E-state index in [0.29, 0.717) is 13.1 Å². The molecule has 152 valence electrons. The summed E-state index contributed by atoms with van der Waals surface area (Å²) in [6, 6.07) is 8.03. The second-order valence-electron chi connectivity index (χ2n) is 8.60. The Balaban J connectivity index is 1.55. The second-order valence-corrected chi connectivity index (χ2v) is 8.60. The number of piperidine rings is 1. The molecule has 0 unspecified atom stereocenters. The van der Waals surface area contributed by atoms with E-state index in [1.165, 1.54) is 6.42 Å². The van der Waals surface area contributed by atoms with E-state index in [4.69, 9.17) is 4.74 Å². The zero-order valence-corrected chi connectivity index (χ0v) is 16.9. The second kappa shape index (κ2) is 8.54. The van der Waals surface area contributed by atoms with Crippen LogP contribution in [-0.2, 0) is 9.59 Å². The number of carbonyl (C=O) groups is 2. The summed E-state index contributed by atoms with van der Waals surface area (Å²) >= 11 is 0. The molecule has 1 aliphatic carbocycles. The van der Waals surface area contributed by atoms with Gasteiger partial charge in [-0.3, -0.25) is 9.59 Å². The van der Waals surface area contributed by atoms with Crippen LogP contribution in [0.3, 0.4) is 0 Å². The number of hydrogen-bond acceptors (Lipinski definition) is 3. The lowest BCUT2D eigenvalue weighted by Crippen LogP contribution is -2.42. The summed E-state index contributed by atoms with van der Waals surface area (Å²) < 4.78 is 5.29. The Bertz CT molecular complexity index is 690. The van der Waals surface area contributed by atoms with Crippen LogP contribution in [0.25, 0.3) is 0 Å². The molecule has 1 aromatic rings. The van der Waals surface area contributed by atoms with Gasteiger partial charge in [0.2, 0.25) is 11.8 Å². The summed E-state index contributed by atoms with van der Waals surface area (Å²) in [5, 5.41) is 0. The molecule has 2 atom stereocenters. The normalized spacial score (nSPS) is 25.9. The Hall–Kier alpha value is -2.04. The molecular formula is C23H32N2O3. The highest BCUT2D eigenvalue weighted by Crippen LogP contribution is 2.37. The van der Waals surface area contributed by atoms with Gasteiger partial charge in [-0.25, -0.2) is 0 Å². The van der Waals surface area contributed by atoms with E-state index in [2.05, 4.69) is 12.1 Å². The molecule has 0 spiro atoms. The fourth-order valence-corrected chi connectivity index (χ4v) is 5.20. The fourth-order valence-electron chi connectivity index (χ4n) is 5.20. The van der Waals surface area contributed by atoms with Gasteiger partial charge in [0.25, 0.3) is 0 Å². The highest BCUT2D eigenvalue weighted by molar-refractivity contribution is 5.84. The van der Waals surface area contributed by atoms with Crippen molar-refractivity contribution in [2.75, 3.05) is 33.3 Å². The van der Waals surface area contributed by atoms with Crippen LogP contribution in [-0.4, -0.2) is 54.9 Å². The Morgan fingerprint density at radius 2 is 1.54 bits per heavy atom. The smallest absolute Gasteiger partial charge is 0.228 e. The first-order valence-electron chi connectivity index (χ1n) is 10.9. The number of carbonyl (C=O) groups excluding carboxylic acids is 2. The van der Waals surface area contributed by atoms with Crippen molar-refractivity contribution >= 4 is 11.8 Å². The van der Waals surface area contributed by atoms with E-state index in [-0.39, 0.29) is 29.6 Å². The molecule has 4 rings (SSSR count). The molecule has 2 heterocycles. The van der Waals surface area contributed by atoms with Crippen molar-refractivity contribution in [2.24, 2.45) is 11.8 Å². The molecule has 0 aromatic heterocycles. The largest absolute Gasteiger partial charge is 0.497 e. The summed E-state index contributed by atoms with van der Waals surface area (Å²) in [5.41, 5.74) is 1.14. The molecule has 0 bridgehead atoms. The number of nitrogens with zero attached hydrogens (tertiary/aromatic N) is 2. The van der Waals surface area contributed by atoms with Crippen LogP contribution in [0.15, 0.2) is 24.3 Å². The minimum absolute atomic E-state index is 0.0747. The molecule has 0 radical (unpaired) electrons. The average Bonchev–Trinajstić information content (AvgIpc) is 3.44. The summed E-state index contributed by atoms with van der Waals surface area (Å²) in [4.78, 5) is 30.4. The van der Waals surface area contributed by atoms with Crippen LogP contribution in [0.5, 0.6) is 5.75 Å². The van der Waals surface area contributed by atoms with Crippen molar-refractivity contribution in [1.29, 1.82) is 0 Å². The van der Waals surface area contributed by atoms with Crippen LogP contribution in [0.1, 0.15) is 56.4 Å². The standard InChI is InChI=1S/C23H32N2O3/c1-28-19-11-9-17(10-12-19)20-15-25(22(26)18-7-3-4-8-18)16-21(20)23(27)24-13-5-2-6-14-24/h9-12,18,20-21H,2-8,13-16H2,1H3/t20-,21+/m0/s1. The van der Waals surface area contributed by atoms with E-state index >= 15 is 0 Å². The molecule has 3 aliphatic rings. The first-order chi connectivity index (χ1) is 13.7. The van der Waals surface area contributed by atoms with Crippen LogP contribution in [0, 0.1) is 11.8 Å². The lowest BCUT2D eigenvalue weighted by Gasteiger charge is -2.31. The van der Waals surface area contributed by atoms with E-state index in [0.717, 1.165) is 62.9 Å². The van der Waals surface area contributed by atoms with Gasteiger partial charge in [-0.15, -0.1) is 0 Å². The zero-order valence-electron chi connectivity index (χ0n) is 16.9. The van der Waals surface area contributed by atoms with Crippen molar-refractivity contribution in [2.45, 2.75) is 50.9 Å². The van der Waals surface area contributed by atoms with Gasteiger partial charge in [0.1, 0.15) is 5.75 Å². The summed E-state index contributed by atoms with van der Waals surface area (Å²) in [5.74, 6) is 1.44. The minimum Gasteiger partial charge on any atom is -0.497 e. The van der Waals surface area contributed by atoms with Gasteiger partial charge in [0, 0.05) is 38.0 Å². The monoisotopic (exact) mass is 384 g/mol. The van der Waals surface area contributed by atoms with Gasteiger partial charge in [-0.1, -0.05) is 25.0 Å². The molecule has 2 saturated heterocycles. The van der Waals surface area contributed by atoms with Crippen molar-refractivity contribution < 1.29 is 14.3 Å². The molecule has 5 heteroatoms.